The van der Waals surface area contributed by atoms with Crippen LogP contribution in [0, 0.1) is 11.7 Å². The predicted octanol–water partition coefficient (Wildman–Crippen LogP) is 5.62. The van der Waals surface area contributed by atoms with Crippen LogP contribution in [0.3, 0.4) is 0 Å². The summed E-state index contributed by atoms with van der Waals surface area (Å²) in [5.74, 6) is 0.0939. The van der Waals surface area contributed by atoms with Crippen LogP contribution < -0.4 is 0 Å². The highest BCUT2D eigenvalue weighted by molar-refractivity contribution is 9.10. The van der Waals surface area contributed by atoms with Crippen LogP contribution in [-0.2, 0) is 9.84 Å². The summed E-state index contributed by atoms with van der Waals surface area (Å²) in [4.78, 5) is 7.53. The fourth-order valence-electron chi connectivity index (χ4n) is 3.88. The largest absolute Gasteiger partial charge is 0.393 e. The zero-order chi connectivity index (χ0) is 22.2. The van der Waals surface area contributed by atoms with E-state index in [1.807, 2.05) is 0 Å². The number of imidazole rings is 1. The van der Waals surface area contributed by atoms with Gasteiger partial charge >= 0.3 is 0 Å². The van der Waals surface area contributed by atoms with Gasteiger partial charge in [-0.3, -0.25) is 0 Å². The highest BCUT2D eigenvalue weighted by atomic mass is 79.9. The van der Waals surface area contributed by atoms with Crippen LogP contribution in [0.5, 0.6) is 0 Å². The summed E-state index contributed by atoms with van der Waals surface area (Å²) in [6.07, 6.45) is 3.86. The van der Waals surface area contributed by atoms with Gasteiger partial charge in [0.1, 0.15) is 11.6 Å². The average Bonchev–Trinajstić information content (AvgIpc) is 3.22. The maximum absolute atomic E-state index is 13.9. The first-order chi connectivity index (χ1) is 14.7. The molecule has 5 nitrogen and oxygen atoms in total. The topological polar surface area (TPSA) is 83.1 Å². The molecule has 2 N–H and O–H groups in total. The molecule has 0 amide bonds. The Balaban J connectivity index is 1.61. The monoisotopic (exact) mass is 526 g/mol. The molecule has 0 atom stereocenters. The van der Waals surface area contributed by atoms with Gasteiger partial charge in [0.2, 0.25) is 0 Å². The molecule has 2 aromatic carbocycles. The Morgan fingerprint density at radius 3 is 2.55 bits per heavy atom. The predicted molar refractivity (Wildman–Crippen MR) is 122 cm³/mol. The van der Waals surface area contributed by atoms with E-state index in [9.17, 15) is 17.9 Å². The van der Waals surface area contributed by atoms with E-state index in [1.54, 1.807) is 30.5 Å². The lowest BCUT2D eigenvalue weighted by Gasteiger charge is -2.25. The van der Waals surface area contributed by atoms with Crippen molar-refractivity contribution in [1.29, 1.82) is 0 Å². The van der Waals surface area contributed by atoms with Crippen molar-refractivity contribution in [3.8, 4) is 22.6 Å². The Morgan fingerprint density at radius 2 is 1.84 bits per heavy atom. The number of aromatic nitrogens is 2. The molecule has 1 aliphatic rings. The second-order valence-corrected chi connectivity index (χ2v) is 11.1. The maximum Gasteiger partial charge on any atom is 0.180 e. The summed E-state index contributed by atoms with van der Waals surface area (Å²) in [5.41, 5.74) is 1.81. The summed E-state index contributed by atoms with van der Waals surface area (Å²) < 4.78 is 40.3. The van der Waals surface area contributed by atoms with Gasteiger partial charge in [-0.05, 0) is 77.9 Å². The molecule has 4 rings (SSSR count). The Hall–Kier alpha value is -1.74. The Bertz CT molecular complexity index is 1210. The molecule has 0 aliphatic heterocycles. The second kappa shape index (κ2) is 9.02. The van der Waals surface area contributed by atoms with Gasteiger partial charge in [0, 0.05) is 11.1 Å². The van der Waals surface area contributed by atoms with E-state index in [2.05, 4.69) is 25.9 Å². The van der Waals surface area contributed by atoms with Crippen molar-refractivity contribution in [2.24, 2.45) is 5.92 Å². The van der Waals surface area contributed by atoms with Gasteiger partial charge in [0.05, 0.1) is 38.1 Å². The molecule has 1 aliphatic carbocycles. The van der Waals surface area contributed by atoms with Crippen LogP contribution in [0.4, 0.5) is 4.39 Å². The van der Waals surface area contributed by atoms with Crippen LogP contribution in [-0.4, -0.2) is 35.3 Å². The van der Waals surface area contributed by atoms with Gasteiger partial charge < -0.3 is 10.1 Å². The van der Waals surface area contributed by atoms with Crippen LogP contribution in [0.15, 0.2) is 52.0 Å². The van der Waals surface area contributed by atoms with E-state index in [1.165, 1.54) is 12.1 Å². The Morgan fingerprint density at radius 1 is 1.13 bits per heavy atom. The van der Waals surface area contributed by atoms with E-state index in [4.69, 9.17) is 11.6 Å². The molecule has 0 spiro atoms. The number of aromatic amines is 1. The fourth-order valence-corrected chi connectivity index (χ4v) is 6.40. The molecular formula is C22H21BrClFN2O3S. The van der Waals surface area contributed by atoms with Crippen molar-refractivity contribution in [2.75, 3.05) is 5.75 Å². The van der Waals surface area contributed by atoms with Crippen molar-refractivity contribution >= 4 is 37.4 Å². The van der Waals surface area contributed by atoms with Crippen molar-refractivity contribution in [2.45, 2.75) is 36.7 Å². The van der Waals surface area contributed by atoms with Gasteiger partial charge in [0.25, 0.3) is 0 Å². The molecule has 9 heteroatoms. The van der Waals surface area contributed by atoms with Crippen LogP contribution in [0.2, 0.25) is 5.02 Å². The summed E-state index contributed by atoms with van der Waals surface area (Å²) in [6.45, 7) is 0. The molecule has 1 saturated carbocycles. The highest BCUT2D eigenvalue weighted by Crippen LogP contribution is 2.33. The smallest absolute Gasteiger partial charge is 0.180 e. The first kappa shape index (κ1) is 22.5. The molecule has 3 aromatic rings. The summed E-state index contributed by atoms with van der Waals surface area (Å²) in [6, 6.07) is 9.53. The third-order valence-corrected chi connectivity index (χ3v) is 8.62. The molecule has 0 saturated heterocycles. The minimum absolute atomic E-state index is 0.00443. The number of hydrogen-bond acceptors (Lipinski definition) is 4. The summed E-state index contributed by atoms with van der Waals surface area (Å²) >= 11 is 9.38. The Kier molecular flexibility index (Phi) is 6.53. The van der Waals surface area contributed by atoms with Crippen molar-refractivity contribution in [3.05, 3.63) is 57.9 Å². The quantitative estimate of drug-likeness (QED) is 0.451. The lowest BCUT2D eigenvalue weighted by atomic mass is 9.89. The molecule has 0 unspecified atom stereocenters. The lowest BCUT2D eigenvalue weighted by molar-refractivity contribution is 0.113. The zero-order valence-corrected chi connectivity index (χ0v) is 19.6. The number of halogens is 3. The first-order valence-corrected chi connectivity index (χ1v) is 12.8. The number of nitrogens with one attached hydrogen (secondary N) is 1. The third kappa shape index (κ3) is 5.03. The zero-order valence-electron chi connectivity index (χ0n) is 16.5. The number of benzene rings is 2. The van der Waals surface area contributed by atoms with Crippen molar-refractivity contribution in [1.82, 2.24) is 9.97 Å². The highest BCUT2D eigenvalue weighted by Gasteiger charge is 2.27. The standard InChI is InChI=1S/C22H21BrClFN2O3S/c23-17-7-3-14(9-19(17)25)20-11-26-22(27-20)15-4-8-18(24)21(10-15)31(29,30)12-13-1-5-16(28)6-2-13/h3-4,7-11,13,16,28H,1-2,5-6,12H2,(H,26,27). The summed E-state index contributed by atoms with van der Waals surface area (Å²) in [7, 11) is -3.60. The molecule has 0 bridgehead atoms. The third-order valence-electron chi connectivity index (χ3n) is 5.62. The molecule has 1 aromatic heterocycles. The van der Waals surface area contributed by atoms with Crippen molar-refractivity contribution < 1.29 is 17.9 Å². The normalized spacial score (nSPS) is 19.5. The van der Waals surface area contributed by atoms with E-state index in [0.29, 0.717) is 52.8 Å². The first-order valence-electron chi connectivity index (χ1n) is 9.94. The maximum atomic E-state index is 13.9. The minimum atomic E-state index is -3.60. The number of aliphatic hydroxyl groups excluding tert-OH is 1. The molecular weight excluding hydrogens is 507 g/mol. The SMILES string of the molecule is O=S(=O)(CC1CCC(O)CC1)c1cc(-c2ncc(-c3ccc(Br)c(F)c3)[nH]2)ccc1Cl. The van der Waals surface area contributed by atoms with Gasteiger partial charge in [0.15, 0.2) is 9.84 Å². The Labute approximate surface area is 193 Å². The number of H-pyrrole nitrogens is 1. The second-order valence-electron chi connectivity index (χ2n) is 7.88. The lowest BCUT2D eigenvalue weighted by Crippen LogP contribution is -2.24. The van der Waals surface area contributed by atoms with E-state index >= 15 is 0 Å². The molecule has 1 fully saturated rings. The van der Waals surface area contributed by atoms with Crippen molar-refractivity contribution in [3.63, 3.8) is 0 Å². The fraction of sp³-hybridized carbons (Fsp3) is 0.318. The number of hydrogen-bond donors (Lipinski definition) is 2. The average molecular weight is 528 g/mol. The van der Waals surface area contributed by atoms with E-state index in [-0.39, 0.29) is 33.5 Å². The minimum Gasteiger partial charge on any atom is -0.393 e. The van der Waals surface area contributed by atoms with Gasteiger partial charge in [-0.2, -0.15) is 0 Å². The summed E-state index contributed by atoms with van der Waals surface area (Å²) in [5, 5.41) is 9.83. The number of nitrogens with zero attached hydrogens (tertiary/aromatic N) is 1. The number of rotatable bonds is 5. The van der Waals surface area contributed by atoms with Gasteiger partial charge in [-0.15, -0.1) is 0 Å². The van der Waals surface area contributed by atoms with Crippen LogP contribution in [0.25, 0.3) is 22.6 Å². The number of sulfone groups is 1. The molecule has 0 radical (unpaired) electrons. The van der Waals surface area contributed by atoms with Gasteiger partial charge in [-0.25, -0.2) is 17.8 Å². The van der Waals surface area contributed by atoms with E-state index < -0.39 is 9.84 Å². The van der Waals surface area contributed by atoms with Crippen LogP contribution >= 0.6 is 27.5 Å². The molecule has 1 heterocycles. The molecule has 31 heavy (non-hydrogen) atoms. The number of aliphatic hydroxyl groups is 1. The van der Waals surface area contributed by atoms with E-state index in [0.717, 1.165) is 0 Å². The molecule has 164 valence electrons. The van der Waals surface area contributed by atoms with Gasteiger partial charge in [-0.1, -0.05) is 17.7 Å². The van der Waals surface area contributed by atoms with Crippen LogP contribution in [0.1, 0.15) is 25.7 Å².